The van der Waals surface area contributed by atoms with Gasteiger partial charge in [0.25, 0.3) is 0 Å². The van der Waals surface area contributed by atoms with E-state index in [4.69, 9.17) is 9.84 Å². The second kappa shape index (κ2) is 6.38. The van der Waals surface area contributed by atoms with Gasteiger partial charge in [-0.3, -0.25) is 14.5 Å². The molecule has 0 radical (unpaired) electrons. The Morgan fingerprint density at radius 2 is 2.24 bits per heavy atom. The Morgan fingerprint density at radius 1 is 1.52 bits per heavy atom. The van der Waals surface area contributed by atoms with Gasteiger partial charge < -0.3 is 15.2 Å². The van der Waals surface area contributed by atoms with Crippen molar-refractivity contribution >= 4 is 29.7 Å². The summed E-state index contributed by atoms with van der Waals surface area (Å²) in [6.45, 7) is 3.87. The molecule has 2 heterocycles. The lowest BCUT2D eigenvalue weighted by atomic mass is 9.86. The van der Waals surface area contributed by atoms with E-state index in [9.17, 15) is 14.4 Å². The van der Waals surface area contributed by atoms with E-state index in [1.807, 2.05) is 6.92 Å². The highest BCUT2D eigenvalue weighted by Crippen LogP contribution is 2.47. The third-order valence-electron chi connectivity index (χ3n) is 3.58. The van der Waals surface area contributed by atoms with Crippen LogP contribution in [0.25, 0.3) is 0 Å². The quantitative estimate of drug-likeness (QED) is 0.436. The highest BCUT2D eigenvalue weighted by Gasteiger charge is 2.53. The second-order valence-electron chi connectivity index (χ2n) is 4.92. The van der Waals surface area contributed by atoms with Gasteiger partial charge in [0.2, 0.25) is 17.7 Å². The fraction of sp³-hybridized carbons (Fsp3) is 0.615. The molecule has 0 aromatic rings. The van der Waals surface area contributed by atoms with Gasteiger partial charge in [0.15, 0.2) is 0 Å². The number of amides is 2. The van der Waals surface area contributed by atoms with Crippen LogP contribution in [0.15, 0.2) is 10.8 Å². The molecule has 2 unspecified atom stereocenters. The zero-order chi connectivity index (χ0) is 15.6. The van der Waals surface area contributed by atoms with Crippen molar-refractivity contribution in [2.45, 2.75) is 32.7 Å². The summed E-state index contributed by atoms with van der Waals surface area (Å²) in [7, 11) is 0. The summed E-state index contributed by atoms with van der Waals surface area (Å²) in [5, 5.41) is 11.5. The molecule has 2 aliphatic heterocycles. The predicted octanol–water partition coefficient (Wildman–Crippen LogP) is 1.36. The van der Waals surface area contributed by atoms with E-state index in [0.717, 1.165) is 11.3 Å². The summed E-state index contributed by atoms with van der Waals surface area (Å²) in [5.74, 6) is 0.521. The van der Waals surface area contributed by atoms with Gasteiger partial charge in [-0.2, -0.15) is 0 Å². The number of thioether (sulfide) groups is 1. The molecule has 1 saturated heterocycles. The minimum absolute atomic E-state index is 0.0140. The maximum absolute atomic E-state index is 12.0. The summed E-state index contributed by atoms with van der Waals surface area (Å²) in [6, 6.07) is 0.0140. The first-order valence-electron chi connectivity index (χ1n) is 6.80. The fourth-order valence-corrected chi connectivity index (χ4v) is 3.66. The lowest BCUT2D eigenvalue weighted by Gasteiger charge is -2.42. The number of ether oxygens (including phenoxy) is 1. The summed E-state index contributed by atoms with van der Waals surface area (Å²) in [5.41, 5.74) is 0. The van der Waals surface area contributed by atoms with Crippen LogP contribution in [0.1, 0.15) is 26.7 Å². The second-order valence-corrected chi connectivity index (χ2v) is 6.11. The Labute approximate surface area is 126 Å². The van der Waals surface area contributed by atoms with Crippen LogP contribution in [0, 0.1) is 5.92 Å². The van der Waals surface area contributed by atoms with Crippen molar-refractivity contribution in [3.05, 3.63) is 10.8 Å². The summed E-state index contributed by atoms with van der Waals surface area (Å²) < 4.78 is 4.79. The largest absolute Gasteiger partial charge is 0.512 e. The number of nitrogens with zero attached hydrogens (tertiary/aromatic N) is 1. The standard InChI is InChI=1S/C13H18N2O5S/c1-3-8-9-6-10(21-5-4-14-7(2)16)12(20-13(18)19)15(9)11(8)17/h8-9H,3-6H2,1-2H3,(H,14,16)(H,18,19). The van der Waals surface area contributed by atoms with E-state index in [1.54, 1.807) is 0 Å². The third-order valence-corrected chi connectivity index (χ3v) is 4.68. The Morgan fingerprint density at radius 3 is 2.81 bits per heavy atom. The highest BCUT2D eigenvalue weighted by atomic mass is 32.2. The maximum Gasteiger partial charge on any atom is 0.512 e. The average molecular weight is 314 g/mol. The van der Waals surface area contributed by atoms with Crippen molar-refractivity contribution in [1.82, 2.24) is 10.2 Å². The minimum Gasteiger partial charge on any atom is -0.449 e. The van der Waals surface area contributed by atoms with Crippen LogP contribution in [-0.2, 0) is 14.3 Å². The van der Waals surface area contributed by atoms with Gasteiger partial charge in [-0.05, 0) is 6.42 Å². The lowest BCUT2D eigenvalue weighted by Crippen LogP contribution is -2.57. The van der Waals surface area contributed by atoms with Crippen molar-refractivity contribution in [2.75, 3.05) is 12.3 Å². The number of β-lactam (4-membered cyclic amide) rings is 1. The first-order valence-corrected chi connectivity index (χ1v) is 7.78. The highest BCUT2D eigenvalue weighted by molar-refractivity contribution is 8.03. The first kappa shape index (κ1) is 15.7. The van der Waals surface area contributed by atoms with Gasteiger partial charge in [0.1, 0.15) is 0 Å². The van der Waals surface area contributed by atoms with Crippen molar-refractivity contribution < 1.29 is 24.2 Å². The summed E-state index contributed by atoms with van der Waals surface area (Å²) >= 11 is 1.42. The van der Waals surface area contributed by atoms with Crippen molar-refractivity contribution in [1.29, 1.82) is 0 Å². The Bertz CT molecular complexity index is 505. The van der Waals surface area contributed by atoms with E-state index in [0.29, 0.717) is 18.7 Å². The van der Waals surface area contributed by atoms with Crippen molar-refractivity contribution in [3.63, 3.8) is 0 Å². The van der Waals surface area contributed by atoms with Crippen molar-refractivity contribution in [3.8, 4) is 0 Å². The number of carbonyl (C=O) groups is 3. The molecule has 116 valence electrons. The summed E-state index contributed by atoms with van der Waals surface area (Å²) in [4.78, 5) is 35.8. The number of carbonyl (C=O) groups excluding carboxylic acids is 2. The van der Waals surface area contributed by atoms with Crippen molar-refractivity contribution in [2.24, 2.45) is 5.92 Å². The van der Waals surface area contributed by atoms with E-state index < -0.39 is 6.16 Å². The van der Waals surface area contributed by atoms with Gasteiger partial charge in [-0.25, -0.2) is 4.79 Å². The first-order chi connectivity index (χ1) is 9.95. The molecule has 7 nitrogen and oxygen atoms in total. The van der Waals surface area contributed by atoms with Crippen LogP contribution in [-0.4, -0.2) is 46.3 Å². The number of carboxylic acid groups (broad SMARTS) is 1. The number of hydrogen-bond acceptors (Lipinski definition) is 5. The molecule has 2 atom stereocenters. The number of nitrogens with one attached hydrogen (secondary N) is 1. The molecular formula is C13H18N2O5S. The predicted molar refractivity (Wildman–Crippen MR) is 76.3 cm³/mol. The molecule has 0 aromatic heterocycles. The average Bonchev–Trinajstić information content (AvgIpc) is 2.68. The zero-order valence-corrected chi connectivity index (χ0v) is 12.7. The lowest BCUT2D eigenvalue weighted by molar-refractivity contribution is -0.154. The van der Waals surface area contributed by atoms with Gasteiger partial charge >= 0.3 is 6.16 Å². The maximum atomic E-state index is 12.0. The Hall–Kier alpha value is -1.70. The fourth-order valence-electron chi connectivity index (χ4n) is 2.66. The monoisotopic (exact) mass is 314 g/mol. The van der Waals surface area contributed by atoms with Gasteiger partial charge in [0, 0.05) is 30.5 Å². The van der Waals surface area contributed by atoms with Crippen LogP contribution in [0.2, 0.25) is 0 Å². The van der Waals surface area contributed by atoms with Crippen LogP contribution in [0.4, 0.5) is 4.79 Å². The molecule has 2 aliphatic rings. The molecule has 0 bridgehead atoms. The molecule has 0 aromatic carbocycles. The van der Waals surface area contributed by atoms with E-state index >= 15 is 0 Å². The van der Waals surface area contributed by atoms with Crippen LogP contribution >= 0.6 is 11.8 Å². The van der Waals surface area contributed by atoms with Crippen LogP contribution < -0.4 is 5.32 Å². The molecular weight excluding hydrogens is 296 g/mol. The SMILES string of the molecule is CCC1C(=O)N2C(OC(=O)O)=C(SCCNC(C)=O)CC12. The zero-order valence-electron chi connectivity index (χ0n) is 11.9. The normalized spacial score (nSPS) is 23.7. The molecule has 1 fully saturated rings. The summed E-state index contributed by atoms with van der Waals surface area (Å²) in [6.07, 6.45) is -0.0553. The Kier molecular flexibility index (Phi) is 4.76. The molecule has 2 amide bonds. The number of fused-ring (bicyclic) bond motifs is 1. The van der Waals surface area contributed by atoms with Crippen LogP contribution in [0.5, 0.6) is 0 Å². The van der Waals surface area contributed by atoms with Crippen LogP contribution in [0.3, 0.4) is 0 Å². The molecule has 21 heavy (non-hydrogen) atoms. The third kappa shape index (κ3) is 3.15. The van der Waals surface area contributed by atoms with E-state index in [1.165, 1.54) is 23.6 Å². The molecule has 2 rings (SSSR count). The number of rotatable bonds is 6. The van der Waals surface area contributed by atoms with Gasteiger partial charge in [-0.1, -0.05) is 6.92 Å². The minimum atomic E-state index is -1.42. The molecule has 2 N–H and O–H groups in total. The smallest absolute Gasteiger partial charge is 0.449 e. The van der Waals surface area contributed by atoms with Gasteiger partial charge in [-0.15, -0.1) is 11.8 Å². The number of hydrogen-bond donors (Lipinski definition) is 2. The molecule has 8 heteroatoms. The molecule has 0 aliphatic carbocycles. The Balaban J connectivity index is 2.02. The van der Waals surface area contributed by atoms with E-state index in [2.05, 4.69) is 5.32 Å². The molecule has 0 spiro atoms. The van der Waals surface area contributed by atoms with E-state index in [-0.39, 0.29) is 29.7 Å². The topological polar surface area (TPSA) is 95.9 Å². The van der Waals surface area contributed by atoms with Gasteiger partial charge in [0.05, 0.1) is 12.0 Å². The molecule has 0 saturated carbocycles.